The molecular weight excluding hydrogens is 258 g/mol. The Hall–Kier alpha value is -1.96. The Kier molecular flexibility index (Phi) is 5.26. The third kappa shape index (κ3) is 3.57. The van der Waals surface area contributed by atoms with Gasteiger partial charge in [0.2, 0.25) is 0 Å². The van der Waals surface area contributed by atoms with Crippen LogP contribution < -0.4 is 10.1 Å². The molecule has 0 bridgehead atoms. The van der Waals surface area contributed by atoms with E-state index in [1.807, 2.05) is 6.07 Å². The molecule has 2 rings (SSSR count). The lowest BCUT2D eigenvalue weighted by Gasteiger charge is -2.17. The van der Waals surface area contributed by atoms with Crippen molar-refractivity contribution in [3.8, 4) is 5.75 Å². The molecule has 2 aromatic rings. The van der Waals surface area contributed by atoms with Gasteiger partial charge in [0, 0.05) is 17.8 Å². The van der Waals surface area contributed by atoms with Crippen LogP contribution in [-0.2, 0) is 19.4 Å². The van der Waals surface area contributed by atoms with Gasteiger partial charge < -0.3 is 10.1 Å². The minimum absolute atomic E-state index is 0.787. The monoisotopic (exact) mass is 283 g/mol. The van der Waals surface area contributed by atoms with Gasteiger partial charge in [-0.25, -0.2) is 0 Å². The Morgan fingerprint density at radius 2 is 1.62 bits per heavy atom. The van der Waals surface area contributed by atoms with E-state index in [1.165, 1.54) is 27.9 Å². The number of para-hydroxylation sites is 1. The molecule has 0 radical (unpaired) electrons. The van der Waals surface area contributed by atoms with Gasteiger partial charge in [0.15, 0.2) is 0 Å². The quantitative estimate of drug-likeness (QED) is 0.826. The Morgan fingerprint density at radius 1 is 0.952 bits per heavy atom. The van der Waals surface area contributed by atoms with Crippen LogP contribution in [0.2, 0.25) is 0 Å². The van der Waals surface area contributed by atoms with Gasteiger partial charge in [-0.05, 0) is 37.0 Å². The molecule has 112 valence electrons. The fraction of sp³-hybridized carbons (Fsp3) is 0.368. The SMILES string of the molecule is CCc1cccc(CC)c1NCc1cc(C)ccc1OC. The number of hydrogen-bond donors (Lipinski definition) is 1. The third-order valence-corrected chi connectivity index (χ3v) is 3.89. The number of nitrogens with one attached hydrogen (secondary N) is 1. The van der Waals surface area contributed by atoms with Crippen LogP contribution >= 0.6 is 0 Å². The summed E-state index contributed by atoms with van der Waals surface area (Å²) in [6.45, 7) is 7.30. The van der Waals surface area contributed by atoms with Gasteiger partial charge in [0.05, 0.1) is 7.11 Å². The molecule has 0 heterocycles. The van der Waals surface area contributed by atoms with Gasteiger partial charge in [0.25, 0.3) is 0 Å². The molecule has 0 spiro atoms. The van der Waals surface area contributed by atoms with Gasteiger partial charge in [-0.1, -0.05) is 49.7 Å². The topological polar surface area (TPSA) is 21.3 Å². The van der Waals surface area contributed by atoms with Crippen LogP contribution in [0, 0.1) is 6.92 Å². The maximum absolute atomic E-state index is 5.46. The van der Waals surface area contributed by atoms with E-state index in [2.05, 4.69) is 56.4 Å². The summed E-state index contributed by atoms with van der Waals surface area (Å²) < 4.78 is 5.46. The van der Waals surface area contributed by atoms with E-state index < -0.39 is 0 Å². The first-order valence-electron chi connectivity index (χ1n) is 7.67. The second kappa shape index (κ2) is 7.16. The molecule has 0 saturated heterocycles. The first kappa shape index (κ1) is 15.4. The average Bonchev–Trinajstić information content (AvgIpc) is 2.52. The minimum Gasteiger partial charge on any atom is -0.496 e. The molecule has 1 N–H and O–H groups in total. The number of rotatable bonds is 6. The van der Waals surface area contributed by atoms with E-state index in [0.29, 0.717) is 0 Å². The van der Waals surface area contributed by atoms with E-state index in [4.69, 9.17) is 4.74 Å². The molecule has 0 aliphatic heterocycles. The van der Waals surface area contributed by atoms with E-state index >= 15 is 0 Å². The van der Waals surface area contributed by atoms with Crippen LogP contribution in [0.25, 0.3) is 0 Å². The van der Waals surface area contributed by atoms with Gasteiger partial charge in [0.1, 0.15) is 5.75 Å². The van der Waals surface area contributed by atoms with Crippen molar-refractivity contribution in [3.63, 3.8) is 0 Å². The van der Waals surface area contributed by atoms with E-state index in [9.17, 15) is 0 Å². The summed E-state index contributed by atoms with van der Waals surface area (Å²) in [7, 11) is 1.73. The van der Waals surface area contributed by atoms with Crippen molar-refractivity contribution in [2.24, 2.45) is 0 Å². The number of benzene rings is 2. The minimum atomic E-state index is 0.787. The van der Waals surface area contributed by atoms with Crippen LogP contribution in [-0.4, -0.2) is 7.11 Å². The maximum Gasteiger partial charge on any atom is 0.123 e. The highest BCUT2D eigenvalue weighted by Gasteiger charge is 2.08. The van der Waals surface area contributed by atoms with Crippen LogP contribution in [0.4, 0.5) is 5.69 Å². The van der Waals surface area contributed by atoms with Crippen molar-refractivity contribution in [2.45, 2.75) is 40.2 Å². The average molecular weight is 283 g/mol. The molecule has 0 unspecified atom stereocenters. The number of aryl methyl sites for hydroxylation is 3. The normalized spacial score (nSPS) is 10.5. The molecule has 0 saturated carbocycles. The van der Waals surface area contributed by atoms with Crippen LogP contribution in [0.15, 0.2) is 36.4 Å². The smallest absolute Gasteiger partial charge is 0.123 e. The second-order valence-corrected chi connectivity index (χ2v) is 5.33. The lowest BCUT2D eigenvalue weighted by Crippen LogP contribution is -2.06. The van der Waals surface area contributed by atoms with Crippen molar-refractivity contribution in [1.29, 1.82) is 0 Å². The van der Waals surface area contributed by atoms with Crippen LogP contribution in [0.1, 0.15) is 36.1 Å². The van der Waals surface area contributed by atoms with Gasteiger partial charge in [-0.15, -0.1) is 0 Å². The summed E-state index contributed by atoms with van der Waals surface area (Å²) >= 11 is 0. The predicted octanol–water partition coefficient (Wildman–Crippen LogP) is 4.74. The standard InChI is InChI=1S/C19H25NO/c1-5-15-8-7-9-16(6-2)19(15)20-13-17-12-14(3)10-11-18(17)21-4/h7-12,20H,5-6,13H2,1-4H3. The fourth-order valence-electron chi connectivity index (χ4n) is 2.70. The Balaban J connectivity index is 2.26. The van der Waals surface area contributed by atoms with Crippen LogP contribution in [0.5, 0.6) is 5.75 Å². The third-order valence-electron chi connectivity index (χ3n) is 3.89. The summed E-state index contributed by atoms with van der Waals surface area (Å²) in [6, 6.07) is 12.9. The molecule has 21 heavy (non-hydrogen) atoms. The zero-order chi connectivity index (χ0) is 15.2. The zero-order valence-electron chi connectivity index (χ0n) is 13.5. The number of ether oxygens (including phenoxy) is 1. The molecule has 0 fully saturated rings. The van der Waals surface area contributed by atoms with Crippen molar-refractivity contribution >= 4 is 5.69 Å². The second-order valence-electron chi connectivity index (χ2n) is 5.33. The number of hydrogen-bond acceptors (Lipinski definition) is 2. The fourth-order valence-corrected chi connectivity index (χ4v) is 2.70. The largest absolute Gasteiger partial charge is 0.496 e. The molecule has 0 atom stereocenters. The molecule has 0 aliphatic rings. The summed E-state index contributed by atoms with van der Waals surface area (Å²) in [6.07, 6.45) is 2.09. The van der Waals surface area contributed by atoms with Gasteiger partial charge in [-0.2, -0.15) is 0 Å². The highest BCUT2D eigenvalue weighted by Crippen LogP contribution is 2.25. The van der Waals surface area contributed by atoms with E-state index in [0.717, 1.165) is 25.1 Å². The lowest BCUT2D eigenvalue weighted by molar-refractivity contribution is 0.410. The highest BCUT2D eigenvalue weighted by atomic mass is 16.5. The zero-order valence-corrected chi connectivity index (χ0v) is 13.5. The highest BCUT2D eigenvalue weighted by molar-refractivity contribution is 5.58. The molecule has 0 aliphatic carbocycles. The van der Waals surface area contributed by atoms with Crippen molar-refractivity contribution < 1.29 is 4.74 Å². The van der Waals surface area contributed by atoms with Crippen LogP contribution in [0.3, 0.4) is 0 Å². The maximum atomic E-state index is 5.46. The first-order chi connectivity index (χ1) is 10.2. The first-order valence-corrected chi connectivity index (χ1v) is 7.67. The van der Waals surface area contributed by atoms with Gasteiger partial charge in [-0.3, -0.25) is 0 Å². The Bertz CT molecular complexity index is 582. The molecule has 0 amide bonds. The molecule has 2 nitrogen and oxygen atoms in total. The summed E-state index contributed by atoms with van der Waals surface area (Å²) in [5, 5.41) is 3.62. The number of anilines is 1. The number of methoxy groups -OCH3 is 1. The molecular formula is C19H25NO. The Morgan fingerprint density at radius 3 is 2.19 bits per heavy atom. The summed E-state index contributed by atoms with van der Waals surface area (Å²) in [5.74, 6) is 0.945. The van der Waals surface area contributed by atoms with Crippen molar-refractivity contribution in [1.82, 2.24) is 0 Å². The van der Waals surface area contributed by atoms with Gasteiger partial charge >= 0.3 is 0 Å². The van der Waals surface area contributed by atoms with Crippen molar-refractivity contribution in [2.75, 3.05) is 12.4 Å². The lowest BCUT2D eigenvalue weighted by atomic mass is 10.0. The summed E-state index contributed by atoms with van der Waals surface area (Å²) in [4.78, 5) is 0. The molecule has 0 aromatic heterocycles. The summed E-state index contributed by atoms with van der Waals surface area (Å²) in [5.41, 5.74) is 6.49. The van der Waals surface area contributed by atoms with Crippen molar-refractivity contribution in [3.05, 3.63) is 58.7 Å². The Labute approximate surface area is 128 Å². The van der Waals surface area contributed by atoms with E-state index in [1.54, 1.807) is 7.11 Å². The predicted molar refractivity (Wildman–Crippen MR) is 90.3 cm³/mol. The molecule has 2 heteroatoms. The molecule has 2 aromatic carbocycles. The van der Waals surface area contributed by atoms with E-state index in [-0.39, 0.29) is 0 Å².